The summed E-state index contributed by atoms with van der Waals surface area (Å²) in [5, 5.41) is 12.9. The standard InChI is InChI=1S/C16H29N3O2/c1-12-10-19(8-7-18(12)11-13(2)20)15(21)14-9-16(14)3-5-17-6-4-16/h12-14,17,20H,3-11H2,1-2H3. The van der Waals surface area contributed by atoms with Gasteiger partial charge in [-0.15, -0.1) is 0 Å². The van der Waals surface area contributed by atoms with E-state index in [9.17, 15) is 9.90 Å². The molecule has 3 aliphatic rings. The van der Waals surface area contributed by atoms with E-state index in [2.05, 4.69) is 22.0 Å². The van der Waals surface area contributed by atoms with Crippen LogP contribution in [-0.4, -0.2) is 72.2 Å². The Hall–Kier alpha value is -0.650. The number of aliphatic hydroxyl groups excluding tert-OH is 1. The number of amides is 1. The first kappa shape index (κ1) is 15.3. The first-order valence-corrected chi connectivity index (χ1v) is 8.43. The molecular weight excluding hydrogens is 266 g/mol. The van der Waals surface area contributed by atoms with E-state index in [4.69, 9.17) is 0 Å². The Labute approximate surface area is 127 Å². The molecule has 3 atom stereocenters. The predicted molar refractivity (Wildman–Crippen MR) is 81.9 cm³/mol. The lowest BCUT2D eigenvalue weighted by molar-refractivity contribution is -0.136. The Kier molecular flexibility index (Phi) is 4.26. The maximum absolute atomic E-state index is 12.7. The van der Waals surface area contributed by atoms with Gasteiger partial charge in [0.25, 0.3) is 0 Å². The van der Waals surface area contributed by atoms with Crippen LogP contribution in [-0.2, 0) is 4.79 Å². The molecule has 0 aromatic rings. The Balaban J connectivity index is 1.53. The van der Waals surface area contributed by atoms with Gasteiger partial charge in [-0.2, -0.15) is 0 Å². The van der Waals surface area contributed by atoms with Crippen LogP contribution in [0.25, 0.3) is 0 Å². The van der Waals surface area contributed by atoms with Crippen molar-refractivity contribution in [3.8, 4) is 0 Å². The number of rotatable bonds is 3. The minimum Gasteiger partial charge on any atom is -0.392 e. The Morgan fingerprint density at radius 2 is 2.10 bits per heavy atom. The molecule has 120 valence electrons. The number of piperazine rings is 1. The highest BCUT2D eigenvalue weighted by Gasteiger charge is 2.58. The summed E-state index contributed by atoms with van der Waals surface area (Å²) in [5.74, 6) is 0.676. The Morgan fingerprint density at radius 1 is 1.38 bits per heavy atom. The molecule has 2 aliphatic heterocycles. The van der Waals surface area contributed by atoms with Crippen molar-refractivity contribution in [1.29, 1.82) is 0 Å². The van der Waals surface area contributed by atoms with Gasteiger partial charge in [0.15, 0.2) is 0 Å². The number of piperidine rings is 1. The fourth-order valence-electron chi connectivity index (χ4n) is 4.20. The lowest BCUT2D eigenvalue weighted by atomic mass is 9.91. The fraction of sp³-hybridized carbons (Fsp3) is 0.938. The molecule has 5 nitrogen and oxygen atoms in total. The lowest BCUT2D eigenvalue weighted by Gasteiger charge is -2.40. The van der Waals surface area contributed by atoms with E-state index in [0.29, 0.717) is 23.9 Å². The van der Waals surface area contributed by atoms with Crippen LogP contribution in [0.5, 0.6) is 0 Å². The van der Waals surface area contributed by atoms with Crippen molar-refractivity contribution in [2.45, 2.75) is 45.3 Å². The fourth-order valence-corrected chi connectivity index (χ4v) is 4.20. The van der Waals surface area contributed by atoms with Crippen LogP contribution >= 0.6 is 0 Å². The van der Waals surface area contributed by atoms with Gasteiger partial charge >= 0.3 is 0 Å². The molecule has 5 heteroatoms. The average Bonchev–Trinajstić information content (AvgIpc) is 3.14. The van der Waals surface area contributed by atoms with Crippen molar-refractivity contribution < 1.29 is 9.90 Å². The van der Waals surface area contributed by atoms with Gasteiger partial charge in [0.05, 0.1) is 6.10 Å². The zero-order valence-electron chi connectivity index (χ0n) is 13.3. The Bertz CT molecular complexity index is 393. The van der Waals surface area contributed by atoms with Crippen LogP contribution in [0.2, 0.25) is 0 Å². The zero-order chi connectivity index (χ0) is 15.0. The summed E-state index contributed by atoms with van der Waals surface area (Å²) < 4.78 is 0. The molecule has 2 N–H and O–H groups in total. The minimum absolute atomic E-state index is 0.287. The second kappa shape index (κ2) is 5.86. The van der Waals surface area contributed by atoms with Crippen molar-refractivity contribution >= 4 is 5.91 Å². The summed E-state index contributed by atoms with van der Waals surface area (Å²) in [6, 6.07) is 0.347. The molecule has 3 unspecified atom stereocenters. The third kappa shape index (κ3) is 3.10. The largest absolute Gasteiger partial charge is 0.392 e. The highest BCUT2D eigenvalue weighted by atomic mass is 16.3. The van der Waals surface area contributed by atoms with Crippen molar-refractivity contribution in [3.05, 3.63) is 0 Å². The quantitative estimate of drug-likeness (QED) is 0.786. The zero-order valence-corrected chi connectivity index (χ0v) is 13.3. The van der Waals surface area contributed by atoms with Gasteiger partial charge in [-0.05, 0) is 51.6 Å². The summed E-state index contributed by atoms with van der Waals surface area (Å²) in [7, 11) is 0. The van der Waals surface area contributed by atoms with Gasteiger partial charge in [0.1, 0.15) is 0 Å². The van der Waals surface area contributed by atoms with E-state index >= 15 is 0 Å². The van der Waals surface area contributed by atoms with E-state index in [0.717, 1.165) is 39.1 Å². The van der Waals surface area contributed by atoms with Crippen molar-refractivity contribution in [2.75, 3.05) is 39.3 Å². The molecule has 1 amide bonds. The summed E-state index contributed by atoms with van der Waals surface area (Å²) in [6.07, 6.45) is 3.15. The highest BCUT2D eigenvalue weighted by Crippen LogP contribution is 2.59. The summed E-state index contributed by atoms with van der Waals surface area (Å²) >= 11 is 0. The van der Waals surface area contributed by atoms with Gasteiger partial charge < -0.3 is 15.3 Å². The normalized spacial score (nSPS) is 34.0. The maximum Gasteiger partial charge on any atom is 0.226 e. The SMILES string of the molecule is CC(O)CN1CCN(C(=O)C2CC23CCNCC3)CC1C. The number of aliphatic hydroxyl groups is 1. The summed E-state index contributed by atoms with van der Waals surface area (Å²) in [4.78, 5) is 17.1. The third-order valence-corrected chi connectivity index (χ3v) is 5.66. The van der Waals surface area contributed by atoms with Crippen LogP contribution in [0.1, 0.15) is 33.1 Å². The predicted octanol–water partition coefficient (Wildman–Crippen LogP) is 0.290. The number of carbonyl (C=O) groups excluding carboxylic acids is 1. The molecule has 2 saturated heterocycles. The number of hydrogen-bond donors (Lipinski definition) is 2. The van der Waals surface area contributed by atoms with E-state index in [-0.39, 0.29) is 12.0 Å². The third-order valence-electron chi connectivity index (χ3n) is 5.66. The first-order chi connectivity index (χ1) is 10.0. The molecule has 3 fully saturated rings. The van der Waals surface area contributed by atoms with Crippen LogP contribution < -0.4 is 5.32 Å². The summed E-state index contributed by atoms with van der Waals surface area (Å²) in [6.45, 7) is 9.37. The average molecular weight is 295 g/mol. The topological polar surface area (TPSA) is 55.8 Å². The smallest absolute Gasteiger partial charge is 0.226 e. The van der Waals surface area contributed by atoms with E-state index in [1.807, 2.05) is 6.92 Å². The van der Waals surface area contributed by atoms with Crippen LogP contribution in [0.4, 0.5) is 0 Å². The highest BCUT2D eigenvalue weighted by molar-refractivity contribution is 5.83. The molecule has 1 saturated carbocycles. The maximum atomic E-state index is 12.7. The van der Waals surface area contributed by atoms with Gasteiger partial charge in [-0.3, -0.25) is 9.69 Å². The van der Waals surface area contributed by atoms with E-state index in [1.165, 1.54) is 12.8 Å². The number of nitrogens with one attached hydrogen (secondary N) is 1. The van der Waals surface area contributed by atoms with Gasteiger partial charge in [-0.25, -0.2) is 0 Å². The van der Waals surface area contributed by atoms with Crippen molar-refractivity contribution in [1.82, 2.24) is 15.1 Å². The minimum atomic E-state index is -0.295. The second-order valence-electron chi connectivity index (χ2n) is 7.35. The molecule has 2 heterocycles. The first-order valence-electron chi connectivity index (χ1n) is 8.43. The number of β-amino-alcohol motifs (C(OH)–C–C–N with tert-alkyl or cyclic N) is 1. The molecule has 0 aromatic heterocycles. The number of nitrogens with zero attached hydrogens (tertiary/aromatic N) is 2. The van der Waals surface area contributed by atoms with Crippen molar-refractivity contribution in [3.63, 3.8) is 0 Å². The van der Waals surface area contributed by atoms with Gasteiger partial charge in [-0.1, -0.05) is 0 Å². The molecule has 0 bridgehead atoms. The Morgan fingerprint density at radius 3 is 2.71 bits per heavy atom. The molecule has 3 rings (SSSR count). The molecule has 1 aliphatic carbocycles. The van der Waals surface area contributed by atoms with Crippen LogP contribution in [0.3, 0.4) is 0 Å². The molecule has 21 heavy (non-hydrogen) atoms. The lowest BCUT2D eigenvalue weighted by Crippen LogP contribution is -2.55. The molecule has 0 radical (unpaired) electrons. The molecule has 0 aromatic carbocycles. The van der Waals surface area contributed by atoms with Gasteiger partial charge in [0.2, 0.25) is 5.91 Å². The van der Waals surface area contributed by atoms with Crippen molar-refractivity contribution in [2.24, 2.45) is 11.3 Å². The summed E-state index contributed by atoms with van der Waals surface area (Å²) in [5.41, 5.74) is 0.336. The van der Waals surface area contributed by atoms with Crippen LogP contribution in [0, 0.1) is 11.3 Å². The number of carbonyl (C=O) groups is 1. The van der Waals surface area contributed by atoms with E-state index < -0.39 is 0 Å². The molecular formula is C16H29N3O2. The molecule has 1 spiro atoms. The van der Waals surface area contributed by atoms with Gasteiger partial charge in [0, 0.05) is 38.1 Å². The monoisotopic (exact) mass is 295 g/mol. The van der Waals surface area contributed by atoms with E-state index in [1.54, 1.807) is 0 Å². The number of hydrogen-bond acceptors (Lipinski definition) is 4. The second-order valence-corrected chi connectivity index (χ2v) is 7.35. The van der Waals surface area contributed by atoms with Crippen LogP contribution in [0.15, 0.2) is 0 Å².